The lowest BCUT2D eigenvalue weighted by molar-refractivity contribution is 0.474. The van der Waals surface area contributed by atoms with Crippen molar-refractivity contribution in [3.8, 4) is 11.5 Å². The van der Waals surface area contributed by atoms with Crippen LogP contribution in [0.4, 0.5) is 11.4 Å². The maximum Gasteiger partial charge on any atom is 0.116 e. The van der Waals surface area contributed by atoms with Crippen LogP contribution in [-0.4, -0.2) is 10.2 Å². The van der Waals surface area contributed by atoms with Crippen LogP contribution in [-0.2, 0) is 6.42 Å². The summed E-state index contributed by atoms with van der Waals surface area (Å²) in [6.07, 6.45) is 0.776. The van der Waals surface area contributed by atoms with E-state index in [9.17, 15) is 5.11 Å². The van der Waals surface area contributed by atoms with E-state index in [2.05, 4.69) is 10.2 Å². The molecule has 0 aliphatic heterocycles. The molecule has 0 aromatic heterocycles. The summed E-state index contributed by atoms with van der Waals surface area (Å²) in [4.78, 5) is 0. The van der Waals surface area contributed by atoms with Crippen LogP contribution in [0.1, 0.15) is 12.5 Å². The molecule has 4 heteroatoms. The van der Waals surface area contributed by atoms with Crippen molar-refractivity contribution in [2.45, 2.75) is 13.3 Å². The van der Waals surface area contributed by atoms with Crippen molar-refractivity contribution in [2.24, 2.45) is 10.2 Å². The van der Waals surface area contributed by atoms with Crippen LogP contribution in [0.5, 0.6) is 11.5 Å². The largest absolute Gasteiger partial charge is 0.508 e. The number of rotatable bonds is 3. The molecule has 0 unspecified atom stereocenters. The number of aryl methyl sites for hydroxylation is 1. The van der Waals surface area contributed by atoms with Crippen LogP contribution in [0.2, 0.25) is 0 Å². The Balaban J connectivity index is 2.25. The van der Waals surface area contributed by atoms with E-state index in [0.717, 1.165) is 17.7 Å². The molecule has 0 fully saturated rings. The van der Waals surface area contributed by atoms with Gasteiger partial charge in [-0.15, -0.1) is 0 Å². The first-order valence-corrected chi connectivity index (χ1v) is 5.71. The quantitative estimate of drug-likeness (QED) is 0.796. The number of aromatic hydroxyl groups is 2. The number of benzene rings is 2. The predicted molar refractivity (Wildman–Crippen MR) is 69.8 cm³/mol. The van der Waals surface area contributed by atoms with Crippen LogP contribution in [0.25, 0.3) is 0 Å². The monoisotopic (exact) mass is 242 g/mol. The van der Waals surface area contributed by atoms with Gasteiger partial charge in [-0.1, -0.05) is 6.92 Å². The molecule has 0 saturated heterocycles. The molecule has 0 radical (unpaired) electrons. The molecule has 92 valence electrons. The minimum Gasteiger partial charge on any atom is -0.508 e. The van der Waals surface area contributed by atoms with Gasteiger partial charge in [0.05, 0.1) is 11.4 Å². The highest BCUT2D eigenvalue weighted by atomic mass is 16.3. The lowest BCUT2D eigenvalue weighted by Crippen LogP contribution is -1.80. The van der Waals surface area contributed by atoms with Crippen LogP contribution < -0.4 is 0 Å². The van der Waals surface area contributed by atoms with E-state index in [1.807, 2.05) is 6.92 Å². The van der Waals surface area contributed by atoms with Gasteiger partial charge in [0.1, 0.15) is 11.5 Å². The maximum atomic E-state index is 9.38. The summed E-state index contributed by atoms with van der Waals surface area (Å²) in [5.41, 5.74) is 2.35. The van der Waals surface area contributed by atoms with E-state index >= 15 is 0 Å². The second-order valence-corrected chi connectivity index (χ2v) is 3.88. The zero-order chi connectivity index (χ0) is 13.0. The zero-order valence-electron chi connectivity index (χ0n) is 10.0. The fourth-order valence-corrected chi connectivity index (χ4v) is 1.58. The summed E-state index contributed by atoms with van der Waals surface area (Å²) in [6, 6.07) is 11.5. The Labute approximate surface area is 105 Å². The molecule has 2 aromatic carbocycles. The number of hydrogen-bond donors (Lipinski definition) is 2. The van der Waals surface area contributed by atoms with E-state index in [4.69, 9.17) is 5.11 Å². The highest BCUT2D eigenvalue weighted by molar-refractivity contribution is 5.50. The fourth-order valence-electron chi connectivity index (χ4n) is 1.58. The summed E-state index contributed by atoms with van der Waals surface area (Å²) < 4.78 is 0. The van der Waals surface area contributed by atoms with Crippen LogP contribution >= 0.6 is 0 Å². The Bertz CT molecular complexity index is 563. The molecule has 0 aliphatic carbocycles. The fraction of sp³-hybridized carbons (Fsp3) is 0.143. The van der Waals surface area contributed by atoms with Crippen LogP contribution in [0, 0.1) is 0 Å². The Kier molecular flexibility index (Phi) is 3.57. The highest BCUT2D eigenvalue weighted by Gasteiger charge is 2.01. The van der Waals surface area contributed by atoms with Gasteiger partial charge in [-0.3, -0.25) is 0 Å². The second kappa shape index (κ2) is 5.31. The number of azo groups is 1. The van der Waals surface area contributed by atoms with Gasteiger partial charge < -0.3 is 10.2 Å². The smallest absolute Gasteiger partial charge is 0.116 e. The van der Waals surface area contributed by atoms with Crippen molar-refractivity contribution in [1.82, 2.24) is 0 Å². The third kappa shape index (κ3) is 2.85. The summed E-state index contributed by atoms with van der Waals surface area (Å²) >= 11 is 0. The zero-order valence-corrected chi connectivity index (χ0v) is 10.0. The first-order valence-electron chi connectivity index (χ1n) is 5.71. The van der Waals surface area contributed by atoms with Gasteiger partial charge in [-0.2, -0.15) is 10.2 Å². The summed E-state index contributed by atoms with van der Waals surface area (Å²) in [5, 5.41) is 26.8. The lowest BCUT2D eigenvalue weighted by Gasteiger charge is -2.02. The average Bonchev–Trinajstić information content (AvgIpc) is 2.39. The first-order chi connectivity index (χ1) is 8.69. The molecular weight excluding hydrogens is 228 g/mol. The van der Waals surface area contributed by atoms with Gasteiger partial charge >= 0.3 is 0 Å². The minimum atomic E-state index is 0.202. The molecular formula is C14H14N2O2. The summed E-state index contributed by atoms with van der Waals surface area (Å²) in [5.74, 6) is 0.434. The van der Waals surface area contributed by atoms with Crippen molar-refractivity contribution in [3.05, 3.63) is 48.0 Å². The normalized spacial score (nSPS) is 10.9. The standard InChI is InChI=1S/C14H14N2O2/c1-2-10-9-13(18)7-8-14(10)16-15-11-3-5-12(17)6-4-11/h3-9,17-18H,2H2,1H3. The Hall–Kier alpha value is -2.36. The molecule has 18 heavy (non-hydrogen) atoms. The molecule has 2 N–H and O–H groups in total. The Morgan fingerprint density at radius 2 is 1.56 bits per heavy atom. The van der Waals surface area contributed by atoms with Gasteiger partial charge in [-0.25, -0.2) is 0 Å². The van der Waals surface area contributed by atoms with E-state index in [-0.39, 0.29) is 11.5 Å². The number of hydrogen-bond acceptors (Lipinski definition) is 4. The van der Waals surface area contributed by atoms with Gasteiger partial charge in [0.15, 0.2) is 0 Å². The van der Waals surface area contributed by atoms with Crippen molar-refractivity contribution in [3.63, 3.8) is 0 Å². The molecule has 0 bridgehead atoms. The van der Waals surface area contributed by atoms with E-state index in [1.54, 1.807) is 42.5 Å². The Morgan fingerprint density at radius 1 is 0.889 bits per heavy atom. The number of nitrogens with zero attached hydrogens (tertiary/aromatic N) is 2. The number of phenolic OH excluding ortho intramolecular Hbond substituents is 2. The molecule has 0 saturated carbocycles. The molecule has 4 nitrogen and oxygen atoms in total. The van der Waals surface area contributed by atoms with Gasteiger partial charge in [0, 0.05) is 0 Å². The number of phenols is 2. The highest BCUT2D eigenvalue weighted by Crippen LogP contribution is 2.26. The molecule has 0 aliphatic rings. The topological polar surface area (TPSA) is 65.2 Å². The molecule has 0 heterocycles. The minimum absolute atomic E-state index is 0.202. The van der Waals surface area contributed by atoms with E-state index in [0.29, 0.717) is 5.69 Å². The third-order valence-electron chi connectivity index (χ3n) is 2.57. The van der Waals surface area contributed by atoms with Gasteiger partial charge in [0.2, 0.25) is 0 Å². The molecule has 2 rings (SSSR count). The molecule has 0 spiro atoms. The molecule has 0 atom stereocenters. The van der Waals surface area contributed by atoms with Crippen molar-refractivity contribution in [2.75, 3.05) is 0 Å². The van der Waals surface area contributed by atoms with Gasteiger partial charge in [-0.05, 0) is 54.4 Å². The van der Waals surface area contributed by atoms with Crippen molar-refractivity contribution in [1.29, 1.82) is 0 Å². The lowest BCUT2D eigenvalue weighted by atomic mass is 10.1. The SMILES string of the molecule is CCc1cc(O)ccc1N=Nc1ccc(O)cc1. The predicted octanol–water partition coefficient (Wildman–Crippen LogP) is 4.08. The maximum absolute atomic E-state index is 9.38. The first kappa shape index (κ1) is 12.1. The van der Waals surface area contributed by atoms with Crippen LogP contribution in [0.15, 0.2) is 52.7 Å². The van der Waals surface area contributed by atoms with E-state index < -0.39 is 0 Å². The van der Waals surface area contributed by atoms with Crippen molar-refractivity contribution >= 4 is 11.4 Å². The third-order valence-corrected chi connectivity index (χ3v) is 2.57. The molecule has 0 amide bonds. The molecule has 2 aromatic rings. The van der Waals surface area contributed by atoms with Gasteiger partial charge in [0.25, 0.3) is 0 Å². The Morgan fingerprint density at radius 3 is 2.22 bits per heavy atom. The summed E-state index contributed by atoms with van der Waals surface area (Å²) in [7, 11) is 0. The average molecular weight is 242 g/mol. The van der Waals surface area contributed by atoms with Crippen LogP contribution in [0.3, 0.4) is 0 Å². The van der Waals surface area contributed by atoms with Crippen molar-refractivity contribution < 1.29 is 10.2 Å². The second-order valence-electron chi connectivity index (χ2n) is 3.88. The summed E-state index contributed by atoms with van der Waals surface area (Å²) in [6.45, 7) is 1.99. The van der Waals surface area contributed by atoms with E-state index in [1.165, 1.54) is 0 Å².